The van der Waals surface area contributed by atoms with Crippen LogP contribution in [-0.4, -0.2) is 94.5 Å². The molecule has 8 rings (SSSR count). The minimum absolute atomic E-state index is 0.0228. The van der Waals surface area contributed by atoms with Crippen LogP contribution < -0.4 is 30.2 Å². The second-order valence-electron chi connectivity index (χ2n) is 13.6. The number of ether oxygens (including phenoxy) is 3. The summed E-state index contributed by atoms with van der Waals surface area (Å²) >= 11 is 3.50. The molecule has 1 aromatic heterocycles. The van der Waals surface area contributed by atoms with E-state index in [1.807, 2.05) is 18.2 Å². The van der Waals surface area contributed by atoms with Gasteiger partial charge in [-0.2, -0.15) is 4.98 Å². The zero-order chi connectivity index (χ0) is 36.9. The zero-order valence-electron chi connectivity index (χ0n) is 28.4. The molecule has 18 heteroatoms. The summed E-state index contributed by atoms with van der Waals surface area (Å²) in [4.78, 5) is 60.7. The number of carbonyl (C=O) groups excluding carboxylic acids is 4. The molecule has 0 radical (unpaired) electrons. The largest absolute Gasteiger partial charge is 0.490 e. The quantitative estimate of drug-likeness (QED) is 0.265. The van der Waals surface area contributed by atoms with E-state index >= 15 is 0 Å². The summed E-state index contributed by atoms with van der Waals surface area (Å²) in [7, 11) is -3.57. The Bertz CT molecular complexity index is 2100. The van der Waals surface area contributed by atoms with Crippen LogP contribution in [0.4, 0.5) is 17.5 Å². The summed E-state index contributed by atoms with van der Waals surface area (Å²) < 4.78 is 47.0. The van der Waals surface area contributed by atoms with Crippen molar-refractivity contribution in [1.29, 1.82) is 0 Å². The summed E-state index contributed by atoms with van der Waals surface area (Å²) in [5.74, 6) is 0.0516. The summed E-state index contributed by atoms with van der Waals surface area (Å²) in [5.41, 5.74) is 0.923. The molecule has 53 heavy (non-hydrogen) atoms. The first-order chi connectivity index (χ1) is 25.6. The number of aromatic nitrogens is 2. The number of para-hydroxylation sites is 1. The van der Waals surface area contributed by atoms with Crippen molar-refractivity contribution in [3.8, 4) is 17.2 Å². The van der Waals surface area contributed by atoms with Gasteiger partial charge >= 0.3 is 0 Å². The van der Waals surface area contributed by atoms with Gasteiger partial charge < -0.3 is 24.8 Å². The number of nitrogens with one attached hydrogen (secondary N) is 3. The number of hydrogen-bond donors (Lipinski definition) is 3. The van der Waals surface area contributed by atoms with Gasteiger partial charge in [-0.05, 0) is 85.1 Å². The van der Waals surface area contributed by atoms with Crippen molar-refractivity contribution in [3.05, 3.63) is 58.2 Å². The maximum atomic E-state index is 13.7. The number of sulfonamides is 1. The molecule has 4 aliphatic heterocycles. The minimum atomic E-state index is -3.57. The SMILES string of the molecule is O=C1CCC(N2C(=O)c3cccc(OC4CCC(S(=O)(=O)N5CCC(Nc6ncc(Br)c(Nc7cccc8c7OCO8)n6)CC5)CC4)c3C2=O)C(=O)N1. The number of anilines is 3. The zero-order valence-corrected chi connectivity index (χ0v) is 30.8. The first-order valence-corrected chi connectivity index (χ1v) is 19.8. The van der Waals surface area contributed by atoms with E-state index < -0.39 is 44.9 Å². The third-order valence-corrected chi connectivity index (χ3v) is 13.3. The van der Waals surface area contributed by atoms with E-state index in [2.05, 4.69) is 41.8 Å². The Balaban J connectivity index is 0.846. The fourth-order valence-electron chi connectivity index (χ4n) is 7.54. The maximum absolute atomic E-state index is 13.7. The summed E-state index contributed by atoms with van der Waals surface area (Å²) in [6.07, 6.45) is 4.22. The van der Waals surface area contributed by atoms with Gasteiger partial charge in [-0.15, -0.1) is 0 Å². The van der Waals surface area contributed by atoms with Gasteiger partial charge in [0.25, 0.3) is 11.8 Å². The van der Waals surface area contributed by atoms with Crippen molar-refractivity contribution in [2.75, 3.05) is 30.5 Å². The first kappa shape index (κ1) is 35.2. The smallest absolute Gasteiger partial charge is 0.266 e. The molecule has 16 nitrogen and oxygen atoms in total. The lowest BCUT2D eigenvalue weighted by molar-refractivity contribution is -0.136. The molecule has 2 saturated heterocycles. The molecule has 2 aromatic carbocycles. The van der Waals surface area contributed by atoms with Crippen LogP contribution in [0.15, 0.2) is 47.1 Å². The number of piperidine rings is 2. The van der Waals surface area contributed by atoms with Crippen molar-refractivity contribution >= 4 is 67.0 Å². The predicted molar refractivity (Wildman–Crippen MR) is 193 cm³/mol. The summed E-state index contributed by atoms with van der Waals surface area (Å²) in [5, 5.41) is 8.26. The highest BCUT2D eigenvalue weighted by molar-refractivity contribution is 9.10. The number of fused-ring (bicyclic) bond motifs is 2. The van der Waals surface area contributed by atoms with Gasteiger partial charge in [0.05, 0.1) is 32.6 Å². The molecule has 5 heterocycles. The normalized spacial score (nSPS) is 23.5. The number of benzene rings is 2. The van der Waals surface area contributed by atoms with E-state index in [9.17, 15) is 27.6 Å². The highest BCUT2D eigenvalue weighted by Gasteiger charge is 2.46. The van der Waals surface area contributed by atoms with Crippen LogP contribution in [0, 0.1) is 0 Å². The first-order valence-electron chi connectivity index (χ1n) is 17.5. The minimum Gasteiger partial charge on any atom is -0.490 e. The Morgan fingerprint density at radius 2 is 1.70 bits per heavy atom. The van der Waals surface area contributed by atoms with E-state index in [0.29, 0.717) is 85.0 Å². The van der Waals surface area contributed by atoms with Crippen LogP contribution in [-0.2, 0) is 19.6 Å². The Kier molecular flexibility index (Phi) is 9.44. The molecule has 1 aliphatic carbocycles. The molecular formula is C35H36BrN7O9S. The van der Waals surface area contributed by atoms with E-state index in [4.69, 9.17) is 14.2 Å². The number of rotatable bonds is 9. The van der Waals surface area contributed by atoms with Crippen molar-refractivity contribution in [2.24, 2.45) is 0 Å². The molecule has 1 unspecified atom stereocenters. The molecule has 0 spiro atoms. The molecule has 1 saturated carbocycles. The van der Waals surface area contributed by atoms with Crippen molar-refractivity contribution in [3.63, 3.8) is 0 Å². The number of amides is 4. The van der Waals surface area contributed by atoms with Gasteiger partial charge in [0.15, 0.2) is 11.5 Å². The molecule has 5 aliphatic rings. The van der Waals surface area contributed by atoms with E-state index in [1.54, 1.807) is 22.6 Å². The van der Waals surface area contributed by atoms with Gasteiger partial charge in [-0.1, -0.05) is 12.1 Å². The molecule has 4 amide bonds. The second kappa shape index (κ2) is 14.2. The molecule has 278 valence electrons. The van der Waals surface area contributed by atoms with E-state index in [1.165, 1.54) is 6.07 Å². The monoisotopic (exact) mass is 809 g/mol. The third kappa shape index (κ3) is 6.78. The Labute approximate surface area is 313 Å². The lowest BCUT2D eigenvalue weighted by Gasteiger charge is -2.36. The molecule has 0 bridgehead atoms. The third-order valence-electron chi connectivity index (χ3n) is 10.3. The number of hydrogen-bond acceptors (Lipinski definition) is 13. The number of nitrogens with zero attached hydrogens (tertiary/aromatic N) is 4. The lowest BCUT2D eigenvalue weighted by atomic mass is 9.97. The Morgan fingerprint density at radius 1 is 0.925 bits per heavy atom. The van der Waals surface area contributed by atoms with Crippen molar-refractivity contribution < 1.29 is 41.8 Å². The van der Waals surface area contributed by atoms with Gasteiger partial charge in [0, 0.05) is 31.7 Å². The molecule has 3 aromatic rings. The molecule has 3 N–H and O–H groups in total. The van der Waals surface area contributed by atoms with Crippen LogP contribution in [0.5, 0.6) is 17.2 Å². The highest BCUT2D eigenvalue weighted by Crippen LogP contribution is 2.41. The summed E-state index contributed by atoms with van der Waals surface area (Å²) in [6.45, 7) is 0.873. The van der Waals surface area contributed by atoms with Crippen LogP contribution >= 0.6 is 15.9 Å². The summed E-state index contributed by atoms with van der Waals surface area (Å²) in [6, 6.07) is 9.18. The van der Waals surface area contributed by atoms with Crippen LogP contribution in [0.2, 0.25) is 0 Å². The predicted octanol–water partition coefficient (Wildman–Crippen LogP) is 3.71. The Morgan fingerprint density at radius 3 is 2.47 bits per heavy atom. The van der Waals surface area contributed by atoms with Gasteiger partial charge in [-0.25, -0.2) is 17.7 Å². The average Bonchev–Trinajstić information content (AvgIpc) is 3.73. The van der Waals surface area contributed by atoms with Crippen LogP contribution in [0.25, 0.3) is 0 Å². The molecule has 1 atom stereocenters. The molecule has 3 fully saturated rings. The van der Waals surface area contributed by atoms with Crippen molar-refractivity contribution in [2.45, 2.75) is 74.8 Å². The second-order valence-corrected chi connectivity index (χ2v) is 16.6. The number of imide groups is 2. The number of carbonyl (C=O) groups is 4. The fraction of sp³-hybridized carbons (Fsp3) is 0.429. The fourth-order valence-corrected chi connectivity index (χ4v) is 9.84. The van der Waals surface area contributed by atoms with Gasteiger partial charge in [0.1, 0.15) is 17.6 Å². The molecular weight excluding hydrogens is 774 g/mol. The Hall–Kier alpha value is -4.81. The number of halogens is 1. The lowest BCUT2D eigenvalue weighted by Crippen LogP contribution is -2.54. The van der Waals surface area contributed by atoms with Crippen LogP contribution in [0.3, 0.4) is 0 Å². The maximum Gasteiger partial charge on any atom is 0.266 e. The van der Waals surface area contributed by atoms with E-state index in [-0.39, 0.29) is 48.7 Å². The van der Waals surface area contributed by atoms with E-state index in [0.717, 1.165) is 4.90 Å². The van der Waals surface area contributed by atoms with Gasteiger partial charge in [0.2, 0.25) is 34.6 Å². The van der Waals surface area contributed by atoms with Gasteiger partial charge in [-0.3, -0.25) is 29.4 Å². The van der Waals surface area contributed by atoms with Crippen molar-refractivity contribution in [1.82, 2.24) is 24.5 Å². The average molecular weight is 811 g/mol. The standard InChI is InChI=1S/C35H36BrN7O9S/c36-23-17-37-35(41-31(23)39-24-4-2-6-27-30(24)51-18-50-27)38-19-13-15-42(16-14-19)53(48,49)21-9-7-20(8-10-21)52-26-5-1-3-22-29(26)34(47)43(33(22)46)25-11-12-28(44)40-32(25)45/h1-6,17,19-21,25H,7-16,18H2,(H,40,44,45)(H2,37,38,39,41). The topological polar surface area (TPSA) is 198 Å². The van der Waals surface area contributed by atoms with Crippen LogP contribution in [0.1, 0.15) is 72.1 Å². The highest BCUT2D eigenvalue weighted by atomic mass is 79.9.